The van der Waals surface area contributed by atoms with Crippen molar-refractivity contribution >= 4 is 17.3 Å². The minimum Gasteiger partial charge on any atom is -0.378 e. The van der Waals surface area contributed by atoms with E-state index in [1.54, 1.807) is 0 Å². The Morgan fingerprint density at radius 2 is 1.56 bits per heavy atom. The molecule has 1 amide bonds. The van der Waals surface area contributed by atoms with E-state index in [1.165, 1.54) is 38.5 Å². The third kappa shape index (κ3) is 3.49. The van der Waals surface area contributed by atoms with E-state index < -0.39 is 0 Å². The molecule has 4 bridgehead atoms. The first kappa shape index (κ1) is 17.5. The molecule has 4 nitrogen and oxygen atoms in total. The van der Waals surface area contributed by atoms with E-state index in [-0.39, 0.29) is 23.4 Å². The first-order chi connectivity index (χ1) is 13.1. The number of carbonyl (C=O) groups is 1. The van der Waals surface area contributed by atoms with Crippen molar-refractivity contribution in [2.45, 2.75) is 75.8 Å². The summed E-state index contributed by atoms with van der Waals surface area (Å²) in [7, 11) is 0. The Labute approximate surface area is 162 Å². The fourth-order valence-corrected chi connectivity index (χ4v) is 6.95. The van der Waals surface area contributed by atoms with E-state index in [9.17, 15) is 4.79 Å². The Hall–Kier alpha value is -1.55. The molecule has 2 atom stereocenters. The van der Waals surface area contributed by atoms with Crippen LogP contribution in [0.5, 0.6) is 0 Å². The van der Waals surface area contributed by atoms with Crippen molar-refractivity contribution in [3.8, 4) is 0 Å². The highest BCUT2D eigenvalue weighted by atomic mass is 16.1. The van der Waals surface area contributed by atoms with Crippen molar-refractivity contribution in [3.63, 3.8) is 0 Å². The van der Waals surface area contributed by atoms with Gasteiger partial charge in [0.1, 0.15) is 0 Å². The number of carbonyl (C=O) groups excluding carboxylic acids is 1. The number of para-hydroxylation sites is 2. The van der Waals surface area contributed by atoms with Crippen molar-refractivity contribution in [1.82, 2.24) is 0 Å². The fraction of sp³-hybridized carbons (Fsp3) is 0.696. The van der Waals surface area contributed by atoms with E-state index in [0.717, 1.165) is 54.8 Å². The molecular weight excluding hydrogens is 334 g/mol. The van der Waals surface area contributed by atoms with E-state index >= 15 is 0 Å². The molecule has 146 valence electrons. The SMILES string of the molecule is NC1CCCC(C(=O)Nc2ccccc2NC23CC4CC(CC(C4)C2)C3)C1. The van der Waals surface area contributed by atoms with Crippen LogP contribution >= 0.6 is 0 Å². The summed E-state index contributed by atoms with van der Waals surface area (Å²) in [4.78, 5) is 12.8. The largest absolute Gasteiger partial charge is 0.378 e. The van der Waals surface area contributed by atoms with Crippen molar-refractivity contribution in [1.29, 1.82) is 0 Å². The van der Waals surface area contributed by atoms with Crippen LogP contribution < -0.4 is 16.4 Å². The van der Waals surface area contributed by atoms with Crippen molar-refractivity contribution in [2.24, 2.45) is 29.4 Å². The summed E-state index contributed by atoms with van der Waals surface area (Å²) in [5, 5.41) is 7.16. The van der Waals surface area contributed by atoms with Crippen LogP contribution in [0.3, 0.4) is 0 Å². The molecule has 5 saturated carbocycles. The van der Waals surface area contributed by atoms with Gasteiger partial charge in [0.25, 0.3) is 0 Å². The summed E-state index contributed by atoms with van der Waals surface area (Å²) >= 11 is 0. The van der Waals surface area contributed by atoms with Gasteiger partial charge in [-0.3, -0.25) is 4.79 Å². The van der Waals surface area contributed by atoms with Crippen LogP contribution in [0, 0.1) is 23.7 Å². The number of hydrogen-bond acceptors (Lipinski definition) is 3. The molecule has 2 unspecified atom stereocenters. The van der Waals surface area contributed by atoms with Gasteiger partial charge >= 0.3 is 0 Å². The lowest BCUT2D eigenvalue weighted by Gasteiger charge is -2.57. The molecule has 0 aromatic heterocycles. The van der Waals surface area contributed by atoms with E-state index in [0.29, 0.717) is 0 Å². The molecule has 1 aromatic carbocycles. The Morgan fingerprint density at radius 1 is 0.926 bits per heavy atom. The molecule has 6 rings (SSSR count). The predicted molar refractivity (Wildman–Crippen MR) is 110 cm³/mol. The molecule has 4 N–H and O–H groups in total. The second-order valence-corrected chi connectivity index (χ2v) is 9.98. The Morgan fingerprint density at radius 3 is 2.19 bits per heavy atom. The Balaban J connectivity index is 1.32. The summed E-state index contributed by atoms with van der Waals surface area (Å²) < 4.78 is 0. The van der Waals surface area contributed by atoms with Gasteiger partial charge in [0, 0.05) is 17.5 Å². The van der Waals surface area contributed by atoms with E-state index in [4.69, 9.17) is 5.73 Å². The van der Waals surface area contributed by atoms with Crippen molar-refractivity contribution in [2.75, 3.05) is 10.6 Å². The first-order valence-electron chi connectivity index (χ1n) is 11.0. The van der Waals surface area contributed by atoms with Crippen LogP contribution in [0.4, 0.5) is 11.4 Å². The second kappa shape index (κ2) is 6.80. The standard InChI is InChI=1S/C23H33N3O/c24-19-5-3-4-18(11-19)22(27)25-20-6-1-2-7-21(20)26-23-12-15-8-16(13-23)10-17(9-15)14-23/h1-2,6-7,15-19,26H,3-5,8-14,24H2,(H,25,27). The van der Waals surface area contributed by atoms with Crippen molar-refractivity contribution in [3.05, 3.63) is 24.3 Å². The topological polar surface area (TPSA) is 67.2 Å². The van der Waals surface area contributed by atoms with Gasteiger partial charge < -0.3 is 16.4 Å². The number of nitrogens with one attached hydrogen (secondary N) is 2. The van der Waals surface area contributed by atoms with E-state index in [1.807, 2.05) is 12.1 Å². The minimum atomic E-state index is 0.0568. The van der Waals surface area contributed by atoms with Gasteiger partial charge in [0.2, 0.25) is 5.91 Å². The molecule has 5 aliphatic rings. The number of nitrogens with two attached hydrogens (primary N) is 1. The lowest BCUT2D eigenvalue weighted by Crippen LogP contribution is -2.54. The smallest absolute Gasteiger partial charge is 0.227 e. The zero-order chi connectivity index (χ0) is 18.4. The molecule has 0 saturated heterocycles. The average Bonchev–Trinajstić information content (AvgIpc) is 2.62. The number of benzene rings is 1. The fourth-order valence-electron chi connectivity index (χ4n) is 6.95. The van der Waals surface area contributed by atoms with Gasteiger partial charge in [-0.15, -0.1) is 0 Å². The van der Waals surface area contributed by atoms with Gasteiger partial charge in [-0.05, 0) is 87.7 Å². The van der Waals surface area contributed by atoms with Crippen LogP contribution in [-0.2, 0) is 4.79 Å². The number of amides is 1. The number of anilines is 2. The summed E-state index contributed by atoms with van der Waals surface area (Å²) in [5.74, 6) is 2.93. The number of rotatable bonds is 4. The van der Waals surface area contributed by atoms with Crippen LogP contribution in [0.1, 0.15) is 64.2 Å². The maximum absolute atomic E-state index is 12.8. The van der Waals surface area contributed by atoms with Gasteiger partial charge in [-0.2, -0.15) is 0 Å². The molecule has 0 aliphatic heterocycles. The highest BCUT2D eigenvalue weighted by Gasteiger charge is 2.51. The molecular formula is C23H33N3O. The van der Waals surface area contributed by atoms with Gasteiger partial charge in [-0.1, -0.05) is 18.6 Å². The average molecular weight is 368 g/mol. The summed E-state index contributed by atoms with van der Waals surface area (Å²) in [6, 6.07) is 8.46. The lowest BCUT2D eigenvalue weighted by atomic mass is 9.53. The van der Waals surface area contributed by atoms with Crippen LogP contribution in [-0.4, -0.2) is 17.5 Å². The molecule has 4 heteroatoms. The Kier molecular flexibility index (Phi) is 4.42. The summed E-state index contributed by atoms with van der Waals surface area (Å²) in [5.41, 5.74) is 8.39. The maximum Gasteiger partial charge on any atom is 0.227 e. The van der Waals surface area contributed by atoms with E-state index in [2.05, 4.69) is 22.8 Å². The van der Waals surface area contributed by atoms with Gasteiger partial charge in [-0.25, -0.2) is 0 Å². The highest BCUT2D eigenvalue weighted by Crippen LogP contribution is 2.56. The second-order valence-electron chi connectivity index (χ2n) is 9.98. The zero-order valence-electron chi connectivity index (χ0n) is 16.3. The summed E-state index contributed by atoms with van der Waals surface area (Å²) in [6.07, 6.45) is 12.1. The quantitative estimate of drug-likeness (QED) is 0.733. The molecule has 0 spiro atoms. The number of hydrogen-bond donors (Lipinski definition) is 3. The van der Waals surface area contributed by atoms with Gasteiger partial charge in [0.15, 0.2) is 0 Å². The molecule has 0 radical (unpaired) electrons. The monoisotopic (exact) mass is 367 g/mol. The van der Waals surface area contributed by atoms with Crippen molar-refractivity contribution < 1.29 is 4.79 Å². The molecule has 5 fully saturated rings. The zero-order valence-corrected chi connectivity index (χ0v) is 16.3. The van der Waals surface area contributed by atoms with Crippen LogP contribution in [0.2, 0.25) is 0 Å². The normalized spacial score (nSPS) is 40.0. The summed E-state index contributed by atoms with van der Waals surface area (Å²) in [6.45, 7) is 0. The maximum atomic E-state index is 12.8. The van der Waals surface area contributed by atoms with Gasteiger partial charge in [0.05, 0.1) is 11.4 Å². The predicted octanol–water partition coefficient (Wildman–Crippen LogP) is 4.52. The molecule has 1 aromatic rings. The third-order valence-electron chi connectivity index (χ3n) is 7.71. The third-order valence-corrected chi connectivity index (χ3v) is 7.71. The highest BCUT2D eigenvalue weighted by molar-refractivity contribution is 5.95. The first-order valence-corrected chi connectivity index (χ1v) is 11.0. The molecule has 5 aliphatic carbocycles. The molecule has 27 heavy (non-hydrogen) atoms. The van der Waals surface area contributed by atoms with Crippen LogP contribution in [0.15, 0.2) is 24.3 Å². The Bertz CT molecular complexity index is 680. The lowest BCUT2D eigenvalue weighted by molar-refractivity contribution is -0.120. The van der Waals surface area contributed by atoms with Crippen LogP contribution in [0.25, 0.3) is 0 Å². The minimum absolute atomic E-state index is 0.0568. The molecule has 0 heterocycles.